The van der Waals surface area contributed by atoms with E-state index in [-0.39, 0.29) is 0 Å². The van der Waals surface area contributed by atoms with E-state index in [0.29, 0.717) is 6.04 Å². The average molecular weight is 165 g/mol. The van der Waals surface area contributed by atoms with Crippen LogP contribution in [-0.2, 0) is 0 Å². The summed E-state index contributed by atoms with van der Waals surface area (Å²) in [5.41, 5.74) is 6.31. The van der Waals surface area contributed by atoms with Gasteiger partial charge in [-0.15, -0.1) is 0 Å². The molecule has 2 N–H and O–H groups in total. The fourth-order valence-corrected chi connectivity index (χ4v) is 4.37. The Hall–Kier alpha value is -0.0400. The molecule has 1 heteroatoms. The summed E-state index contributed by atoms with van der Waals surface area (Å²) in [6, 6.07) is 0.588. The van der Waals surface area contributed by atoms with Crippen molar-refractivity contribution in [3.05, 3.63) is 0 Å². The van der Waals surface area contributed by atoms with Crippen LogP contribution in [0.25, 0.3) is 0 Å². The fourth-order valence-electron chi connectivity index (χ4n) is 4.37. The van der Waals surface area contributed by atoms with Gasteiger partial charge in [-0.2, -0.15) is 0 Å². The molecule has 12 heavy (non-hydrogen) atoms. The van der Waals surface area contributed by atoms with Crippen molar-refractivity contribution in [2.45, 2.75) is 44.6 Å². The molecule has 3 fully saturated rings. The van der Waals surface area contributed by atoms with Crippen LogP contribution in [0.15, 0.2) is 0 Å². The van der Waals surface area contributed by atoms with E-state index in [1.807, 2.05) is 0 Å². The first kappa shape index (κ1) is 7.37. The van der Waals surface area contributed by atoms with Gasteiger partial charge in [-0.1, -0.05) is 12.8 Å². The highest BCUT2D eigenvalue weighted by Gasteiger charge is 2.51. The van der Waals surface area contributed by atoms with Crippen molar-refractivity contribution in [2.24, 2.45) is 29.4 Å². The molecule has 68 valence electrons. The first-order chi connectivity index (χ1) is 5.88. The molecule has 0 spiro atoms. The summed E-state index contributed by atoms with van der Waals surface area (Å²) in [6.45, 7) is 0. The van der Waals surface area contributed by atoms with Gasteiger partial charge in [0.15, 0.2) is 0 Å². The standard InChI is InChI=1S/C11H19N/c12-11-9-5-1-3-7(9)8-4-2-6-10(8)11/h7-11H,1-6,12H2. The molecule has 3 saturated carbocycles. The molecule has 0 heterocycles. The minimum absolute atomic E-state index is 0.588. The molecule has 0 aliphatic heterocycles. The van der Waals surface area contributed by atoms with E-state index < -0.39 is 0 Å². The van der Waals surface area contributed by atoms with Crippen molar-refractivity contribution < 1.29 is 0 Å². The Bertz CT molecular complexity index is 169. The van der Waals surface area contributed by atoms with Crippen LogP contribution >= 0.6 is 0 Å². The van der Waals surface area contributed by atoms with E-state index in [4.69, 9.17) is 5.73 Å². The van der Waals surface area contributed by atoms with Crippen LogP contribution < -0.4 is 5.73 Å². The van der Waals surface area contributed by atoms with Gasteiger partial charge in [0.25, 0.3) is 0 Å². The Morgan fingerprint density at radius 1 is 0.667 bits per heavy atom. The summed E-state index contributed by atoms with van der Waals surface area (Å²) in [6.07, 6.45) is 8.81. The Morgan fingerprint density at radius 2 is 1.08 bits per heavy atom. The van der Waals surface area contributed by atoms with Crippen LogP contribution in [0.3, 0.4) is 0 Å². The normalized spacial score (nSPS) is 57.2. The zero-order chi connectivity index (χ0) is 8.13. The fraction of sp³-hybridized carbons (Fsp3) is 1.00. The molecule has 0 bridgehead atoms. The van der Waals surface area contributed by atoms with Crippen molar-refractivity contribution in [3.63, 3.8) is 0 Å². The predicted octanol–water partition coefficient (Wildman–Crippen LogP) is 2.16. The summed E-state index contributed by atoms with van der Waals surface area (Å²) < 4.78 is 0. The third-order valence-electron chi connectivity index (χ3n) is 4.79. The highest BCUT2D eigenvalue weighted by atomic mass is 14.8. The molecule has 0 amide bonds. The Kier molecular flexibility index (Phi) is 1.52. The van der Waals surface area contributed by atoms with Gasteiger partial charge in [0.05, 0.1) is 0 Å². The van der Waals surface area contributed by atoms with E-state index in [1.165, 1.54) is 38.5 Å². The van der Waals surface area contributed by atoms with Crippen molar-refractivity contribution in [1.82, 2.24) is 0 Å². The third kappa shape index (κ3) is 0.783. The minimum Gasteiger partial charge on any atom is -0.327 e. The second kappa shape index (κ2) is 2.47. The van der Waals surface area contributed by atoms with E-state index in [1.54, 1.807) is 0 Å². The van der Waals surface area contributed by atoms with Gasteiger partial charge in [0.2, 0.25) is 0 Å². The quantitative estimate of drug-likeness (QED) is 0.585. The molecule has 0 aromatic heterocycles. The lowest BCUT2D eigenvalue weighted by Gasteiger charge is -2.17. The van der Waals surface area contributed by atoms with E-state index in [0.717, 1.165) is 23.7 Å². The predicted molar refractivity (Wildman–Crippen MR) is 49.6 cm³/mol. The molecule has 0 saturated heterocycles. The van der Waals surface area contributed by atoms with Gasteiger partial charge in [0.1, 0.15) is 0 Å². The third-order valence-corrected chi connectivity index (χ3v) is 4.79. The number of nitrogens with two attached hydrogens (primary N) is 1. The number of hydrogen-bond acceptors (Lipinski definition) is 1. The minimum atomic E-state index is 0.588. The van der Waals surface area contributed by atoms with Gasteiger partial charge in [-0.25, -0.2) is 0 Å². The van der Waals surface area contributed by atoms with Crippen LogP contribution in [0.1, 0.15) is 38.5 Å². The Balaban J connectivity index is 1.89. The monoisotopic (exact) mass is 165 g/mol. The van der Waals surface area contributed by atoms with Gasteiger partial charge in [-0.3, -0.25) is 0 Å². The van der Waals surface area contributed by atoms with Crippen LogP contribution in [0.4, 0.5) is 0 Å². The van der Waals surface area contributed by atoms with Crippen molar-refractivity contribution in [2.75, 3.05) is 0 Å². The van der Waals surface area contributed by atoms with Crippen LogP contribution in [0, 0.1) is 23.7 Å². The second-order valence-corrected chi connectivity index (χ2v) is 5.09. The molecular formula is C11H19N. The number of rotatable bonds is 0. The molecule has 1 nitrogen and oxygen atoms in total. The van der Waals surface area contributed by atoms with Gasteiger partial charge in [-0.05, 0) is 49.4 Å². The van der Waals surface area contributed by atoms with Gasteiger partial charge >= 0.3 is 0 Å². The van der Waals surface area contributed by atoms with E-state index in [2.05, 4.69) is 0 Å². The van der Waals surface area contributed by atoms with Gasteiger partial charge < -0.3 is 5.73 Å². The molecular weight excluding hydrogens is 146 g/mol. The molecule has 0 aromatic carbocycles. The maximum absolute atomic E-state index is 6.31. The molecule has 3 aliphatic carbocycles. The molecule has 4 unspecified atom stereocenters. The SMILES string of the molecule is NC1C2CCCC2C2CCCC12. The number of hydrogen-bond donors (Lipinski definition) is 1. The summed E-state index contributed by atoms with van der Waals surface area (Å²) in [4.78, 5) is 0. The zero-order valence-electron chi connectivity index (χ0n) is 7.71. The topological polar surface area (TPSA) is 26.0 Å². The summed E-state index contributed by atoms with van der Waals surface area (Å²) in [7, 11) is 0. The zero-order valence-corrected chi connectivity index (χ0v) is 7.71. The van der Waals surface area contributed by atoms with E-state index in [9.17, 15) is 0 Å². The maximum atomic E-state index is 6.31. The lowest BCUT2D eigenvalue weighted by atomic mass is 9.90. The Labute approximate surface area is 74.7 Å². The van der Waals surface area contributed by atoms with Crippen LogP contribution in [0.5, 0.6) is 0 Å². The molecule has 0 aromatic rings. The highest BCUT2D eigenvalue weighted by molar-refractivity contribution is 5.03. The highest BCUT2D eigenvalue weighted by Crippen LogP contribution is 2.55. The van der Waals surface area contributed by atoms with Crippen LogP contribution in [0.2, 0.25) is 0 Å². The van der Waals surface area contributed by atoms with Gasteiger partial charge in [0, 0.05) is 6.04 Å². The van der Waals surface area contributed by atoms with Crippen molar-refractivity contribution in [1.29, 1.82) is 0 Å². The summed E-state index contributed by atoms with van der Waals surface area (Å²) >= 11 is 0. The maximum Gasteiger partial charge on any atom is 0.0101 e. The van der Waals surface area contributed by atoms with Crippen LogP contribution in [-0.4, -0.2) is 6.04 Å². The first-order valence-corrected chi connectivity index (χ1v) is 5.63. The second-order valence-electron chi connectivity index (χ2n) is 5.09. The van der Waals surface area contributed by atoms with E-state index >= 15 is 0 Å². The summed E-state index contributed by atoms with van der Waals surface area (Å²) in [5.74, 6) is 3.96. The Morgan fingerprint density at radius 3 is 1.58 bits per heavy atom. The molecule has 4 atom stereocenters. The summed E-state index contributed by atoms with van der Waals surface area (Å²) in [5, 5.41) is 0. The average Bonchev–Trinajstić information content (AvgIpc) is 2.72. The van der Waals surface area contributed by atoms with Crippen molar-refractivity contribution >= 4 is 0 Å². The van der Waals surface area contributed by atoms with Crippen molar-refractivity contribution in [3.8, 4) is 0 Å². The molecule has 3 rings (SSSR count). The lowest BCUT2D eigenvalue weighted by Crippen LogP contribution is -2.31. The lowest BCUT2D eigenvalue weighted by molar-refractivity contribution is 0.334. The molecule has 3 aliphatic rings. The smallest absolute Gasteiger partial charge is 0.0101 e. The number of fused-ring (bicyclic) bond motifs is 3. The largest absolute Gasteiger partial charge is 0.327 e. The first-order valence-electron chi connectivity index (χ1n) is 5.63. The molecule has 0 radical (unpaired) electrons.